The van der Waals surface area contributed by atoms with Gasteiger partial charge in [-0.2, -0.15) is 0 Å². The number of hydrogen-bond acceptors (Lipinski definition) is 3. The Kier molecular flexibility index (Phi) is 5.78. The molecule has 4 nitrogen and oxygen atoms in total. The van der Waals surface area contributed by atoms with E-state index in [1.54, 1.807) is 24.5 Å². The fourth-order valence-electron chi connectivity index (χ4n) is 2.35. The van der Waals surface area contributed by atoms with Crippen molar-refractivity contribution < 1.29 is 9.53 Å². The predicted octanol–water partition coefficient (Wildman–Crippen LogP) is 4.62. The normalized spacial score (nSPS) is 10.7. The van der Waals surface area contributed by atoms with Crippen LogP contribution in [0.3, 0.4) is 0 Å². The van der Waals surface area contributed by atoms with Crippen molar-refractivity contribution in [1.82, 2.24) is 4.98 Å². The summed E-state index contributed by atoms with van der Waals surface area (Å²) in [4.78, 5) is 16.2. The third-order valence-corrected chi connectivity index (χ3v) is 3.73. The molecular formula is C22H20N2O2. The van der Waals surface area contributed by atoms with Gasteiger partial charge in [-0.05, 0) is 36.8 Å². The number of hydrogen-bond donors (Lipinski definition) is 1. The maximum Gasteiger partial charge on any atom is 0.248 e. The Labute approximate surface area is 153 Å². The summed E-state index contributed by atoms with van der Waals surface area (Å²) in [6.45, 7) is 2.46. The van der Waals surface area contributed by atoms with Crippen LogP contribution in [-0.2, 0) is 11.4 Å². The van der Waals surface area contributed by atoms with Crippen molar-refractivity contribution in [3.63, 3.8) is 0 Å². The van der Waals surface area contributed by atoms with Crippen molar-refractivity contribution in [2.75, 3.05) is 5.32 Å². The number of carbonyl (C=O) groups is 1. The Balaban J connectivity index is 1.57. The number of carbonyl (C=O) groups excluding carboxylic acids is 1. The number of amides is 1. The number of nitrogens with zero attached hydrogens (tertiary/aromatic N) is 1. The molecular weight excluding hydrogens is 324 g/mol. The summed E-state index contributed by atoms with van der Waals surface area (Å²) in [5.74, 6) is 0.504. The highest BCUT2D eigenvalue weighted by Crippen LogP contribution is 2.18. The summed E-state index contributed by atoms with van der Waals surface area (Å²) in [7, 11) is 0. The molecule has 0 aliphatic rings. The minimum atomic E-state index is -0.185. The van der Waals surface area contributed by atoms with Crippen LogP contribution in [0.25, 0.3) is 6.08 Å². The first-order valence-electron chi connectivity index (χ1n) is 8.36. The second kappa shape index (κ2) is 8.62. The lowest BCUT2D eigenvalue weighted by atomic mass is 10.1. The molecule has 0 fully saturated rings. The number of aryl methyl sites for hydroxylation is 1. The highest BCUT2D eigenvalue weighted by Gasteiger charge is 2.01. The molecule has 4 heteroatoms. The Morgan fingerprint density at radius 1 is 1.12 bits per heavy atom. The Morgan fingerprint density at radius 2 is 1.96 bits per heavy atom. The molecule has 0 aliphatic carbocycles. The van der Waals surface area contributed by atoms with E-state index < -0.39 is 0 Å². The molecule has 1 amide bonds. The fourth-order valence-corrected chi connectivity index (χ4v) is 2.35. The molecule has 0 atom stereocenters. The molecule has 1 aromatic heterocycles. The molecule has 3 rings (SSSR count). The van der Waals surface area contributed by atoms with E-state index in [1.165, 1.54) is 11.6 Å². The number of anilines is 1. The third-order valence-electron chi connectivity index (χ3n) is 3.73. The molecule has 1 N–H and O–H groups in total. The van der Waals surface area contributed by atoms with Crippen LogP contribution in [0.1, 0.15) is 16.7 Å². The van der Waals surface area contributed by atoms with Crippen molar-refractivity contribution >= 4 is 17.7 Å². The first-order chi connectivity index (χ1) is 12.7. The van der Waals surface area contributed by atoms with Crippen LogP contribution in [0.4, 0.5) is 5.69 Å². The van der Waals surface area contributed by atoms with Gasteiger partial charge < -0.3 is 10.1 Å². The highest BCUT2D eigenvalue weighted by atomic mass is 16.5. The fraction of sp³-hybridized carbons (Fsp3) is 0.0909. The monoisotopic (exact) mass is 344 g/mol. The smallest absolute Gasteiger partial charge is 0.248 e. The van der Waals surface area contributed by atoms with Crippen LogP contribution >= 0.6 is 0 Å². The molecule has 3 aromatic rings. The molecule has 26 heavy (non-hydrogen) atoms. The number of ether oxygens (including phenoxy) is 1. The first kappa shape index (κ1) is 17.4. The van der Waals surface area contributed by atoms with Crippen LogP contribution < -0.4 is 10.1 Å². The van der Waals surface area contributed by atoms with Gasteiger partial charge >= 0.3 is 0 Å². The molecule has 0 bridgehead atoms. The van der Waals surface area contributed by atoms with Gasteiger partial charge in [0.2, 0.25) is 5.91 Å². The summed E-state index contributed by atoms with van der Waals surface area (Å²) in [6, 6.07) is 19.1. The van der Waals surface area contributed by atoms with Gasteiger partial charge in [0.25, 0.3) is 0 Å². The second-order valence-corrected chi connectivity index (χ2v) is 5.91. The average molecular weight is 344 g/mol. The van der Waals surface area contributed by atoms with Crippen molar-refractivity contribution in [2.24, 2.45) is 0 Å². The molecule has 0 saturated carbocycles. The molecule has 1 heterocycles. The van der Waals surface area contributed by atoms with Gasteiger partial charge in [0.05, 0.1) is 0 Å². The minimum Gasteiger partial charge on any atom is -0.489 e. The maximum absolute atomic E-state index is 12.1. The van der Waals surface area contributed by atoms with Crippen LogP contribution in [-0.4, -0.2) is 10.9 Å². The first-order valence-corrected chi connectivity index (χ1v) is 8.36. The molecule has 2 aromatic carbocycles. The average Bonchev–Trinajstić information content (AvgIpc) is 2.67. The Morgan fingerprint density at radius 3 is 2.73 bits per heavy atom. The molecule has 0 unspecified atom stereocenters. The SMILES string of the molecule is Cc1ccc(/C=C/C(=O)Nc2cccc(OCc3cccnc3)c2)cc1. The lowest BCUT2D eigenvalue weighted by Crippen LogP contribution is -2.07. The van der Waals surface area contributed by atoms with Gasteiger partial charge in [-0.15, -0.1) is 0 Å². The zero-order valence-corrected chi connectivity index (χ0v) is 14.6. The highest BCUT2D eigenvalue weighted by molar-refractivity contribution is 6.02. The minimum absolute atomic E-state index is 0.185. The van der Waals surface area contributed by atoms with Crippen molar-refractivity contribution in [1.29, 1.82) is 0 Å². The lowest BCUT2D eigenvalue weighted by Gasteiger charge is -2.08. The van der Waals surface area contributed by atoms with E-state index in [0.29, 0.717) is 18.0 Å². The largest absolute Gasteiger partial charge is 0.489 e. The summed E-state index contributed by atoms with van der Waals surface area (Å²) >= 11 is 0. The molecule has 130 valence electrons. The van der Waals surface area contributed by atoms with Crippen molar-refractivity contribution in [2.45, 2.75) is 13.5 Å². The van der Waals surface area contributed by atoms with E-state index in [2.05, 4.69) is 10.3 Å². The number of nitrogens with one attached hydrogen (secondary N) is 1. The quantitative estimate of drug-likeness (QED) is 0.664. The van der Waals surface area contributed by atoms with Gasteiger partial charge in [-0.25, -0.2) is 0 Å². The Bertz CT molecular complexity index is 888. The van der Waals surface area contributed by atoms with Gasteiger partial charge in [-0.1, -0.05) is 42.0 Å². The van der Waals surface area contributed by atoms with Gasteiger partial charge in [0.1, 0.15) is 12.4 Å². The standard InChI is InChI=1S/C22H20N2O2/c1-17-7-9-18(10-8-17)11-12-22(25)24-20-5-2-6-21(14-20)26-16-19-4-3-13-23-15-19/h2-15H,16H2,1H3,(H,24,25)/b12-11+. The van der Waals surface area contributed by atoms with Crippen LogP contribution in [0, 0.1) is 6.92 Å². The van der Waals surface area contributed by atoms with E-state index in [9.17, 15) is 4.79 Å². The second-order valence-electron chi connectivity index (χ2n) is 5.91. The maximum atomic E-state index is 12.1. The van der Waals surface area contributed by atoms with Crippen molar-refractivity contribution in [3.05, 3.63) is 95.8 Å². The van der Waals surface area contributed by atoms with Crippen LogP contribution in [0.15, 0.2) is 79.1 Å². The van der Waals surface area contributed by atoms with E-state index in [0.717, 1.165) is 11.1 Å². The van der Waals surface area contributed by atoms with E-state index in [4.69, 9.17) is 4.74 Å². The predicted molar refractivity (Wildman–Crippen MR) is 104 cm³/mol. The summed E-state index contributed by atoms with van der Waals surface area (Å²) in [5, 5.41) is 2.84. The lowest BCUT2D eigenvalue weighted by molar-refractivity contribution is -0.111. The van der Waals surface area contributed by atoms with E-state index in [1.807, 2.05) is 61.5 Å². The molecule has 0 aliphatic heterocycles. The zero-order chi connectivity index (χ0) is 18.2. The molecule has 0 spiro atoms. The van der Waals surface area contributed by atoms with E-state index in [-0.39, 0.29) is 5.91 Å². The van der Waals surface area contributed by atoms with Gasteiger partial charge in [-0.3, -0.25) is 9.78 Å². The number of benzene rings is 2. The number of rotatable bonds is 6. The molecule has 0 radical (unpaired) electrons. The van der Waals surface area contributed by atoms with Crippen LogP contribution in [0.2, 0.25) is 0 Å². The summed E-state index contributed by atoms with van der Waals surface area (Å²) in [5.41, 5.74) is 3.85. The van der Waals surface area contributed by atoms with Crippen molar-refractivity contribution in [3.8, 4) is 5.75 Å². The van der Waals surface area contributed by atoms with E-state index >= 15 is 0 Å². The van der Waals surface area contributed by atoms with Gasteiger partial charge in [0.15, 0.2) is 0 Å². The molecule has 0 saturated heterocycles. The number of aromatic nitrogens is 1. The van der Waals surface area contributed by atoms with Gasteiger partial charge in [0, 0.05) is 35.8 Å². The summed E-state index contributed by atoms with van der Waals surface area (Å²) in [6.07, 6.45) is 6.80. The zero-order valence-electron chi connectivity index (χ0n) is 14.6. The topological polar surface area (TPSA) is 51.2 Å². The summed E-state index contributed by atoms with van der Waals surface area (Å²) < 4.78 is 5.75. The third kappa shape index (κ3) is 5.31. The Hall–Kier alpha value is -3.40. The van der Waals surface area contributed by atoms with Crippen LogP contribution in [0.5, 0.6) is 5.75 Å². The number of pyridine rings is 1.